The van der Waals surface area contributed by atoms with Crippen LogP contribution in [0.5, 0.6) is 5.75 Å². The van der Waals surface area contributed by atoms with E-state index in [9.17, 15) is 8.78 Å². The van der Waals surface area contributed by atoms with Gasteiger partial charge >= 0.3 is 0 Å². The molecule has 5 heteroatoms. The fourth-order valence-corrected chi connectivity index (χ4v) is 1.65. The first-order valence-electron chi connectivity index (χ1n) is 5.26. The number of aryl methyl sites for hydroxylation is 1. The molecule has 1 N–H and O–H groups in total. The molecular formula is C11H14F2N2O. The smallest absolute Gasteiger partial charge is 0.296 e. The van der Waals surface area contributed by atoms with E-state index in [1.165, 1.54) is 6.20 Å². The molecule has 16 heavy (non-hydrogen) atoms. The molecule has 0 aliphatic carbocycles. The van der Waals surface area contributed by atoms with E-state index < -0.39 is 12.0 Å². The van der Waals surface area contributed by atoms with Gasteiger partial charge in [0.1, 0.15) is 5.75 Å². The molecule has 1 atom stereocenters. The summed E-state index contributed by atoms with van der Waals surface area (Å²) in [5.41, 5.74) is 0.837. The van der Waals surface area contributed by atoms with Crippen molar-refractivity contribution in [2.75, 3.05) is 13.1 Å². The Morgan fingerprint density at radius 1 is 1.50 bits per heavy atom. The summed E-state index contributed by atoms with van der Waals surface area (Å²) in [6.45, 7) is 2.07. The minimum absolute atomic E-state index is 0.306. The van der Waals surface area contributed by atoms with E-state index in [-0.39, 0.29) is 6.54 Å². The first-order chi connectivity index (χ1) is 7.58. The quantitative estimate of drug-likeness (QED) is 0.837. The van der Waals surface area contributed by atoms with E-state index in [1.54, 1.807) is 12.1 Å². The number of hydrogen-bond donors (Lipinski definition) is 1. The zero-order chi connectivity index (χ0) is 11.6. The maximum absolute atomic E-state index is 13.4. The van der Waals surface area contributed by atoms with Crippen molar-refractivity contribution in [1.29, 1.82) is 0 Å². The number of halogens is 2. The number of aromatic nitrogens is 1. The number of pyridine rings is 1. The highest BCUT2D eigenvalue weighted by Gasteiger charge is 2.43. The largest absolute Gasteiger partial charge is 0.482 e. The van der Waals surface area contributed by atoms with Gasteiger partial charge in [-0.15, -0.1) is 0 Å². The van der Waals surface area contributed by atoms with Crippen molar-refractivity contribution in [3.05, 3.63) is 24.0 Å². The number of rotatable bonds is 2. The lowest BCUT2D eigenvalue weighted by molar-refractivity contribution is -0.109. The van der Waals surface area contributed by atoms with Crippen LogP contribution in [0.3, 0.4) is 0 Å². The zero-order valence-electron chi connectivity index (χ0n) is 9.04. The normalized spacial score (nSPS) is 24.1. The van der Waals surface area contributed by atoms with Gasteiger partial charge < -0.3 is 10.1 Å². The molecule has 0 saturated carbocycles. The molecule has 2 heterocycles. The van der Waals surface area contributed by atoms with Gasteiger partial charge in [-0.1, -0.05) is 0 Å². The van der Waals surface area contributed by atoms with Gasteiger partial charge in [0.05, 0.1) is 12.7 Å². The Bertz CT molecular complexity index is 354. The Kier molecular flexibility index (Phi) is 3.05. The van der Waals surface area contributed by atoms with Crippen LogP contribution < -0.4 is 10.1 Å². The molecule has 0 spiro atoms. The summed E-state index contributed by atoms with van der Waals surface area (Å²) in [4.78, 5) is 4.01. The van der Waals surface area contributed by atoms with E-state index >= 15 is 0 Å². The van der Waals surface area contributed by atoms with Crippen LogP contribution in [-0.4, -0.2) is 30.1 Å². The lowest BCUT2D eigenvalue weighted by Crippen LogP contribution is -2.52. The van der Waals surface area contributed by atoms with E-state index in [4.69, 9.17) is 4.74 Å². The molecule has 1 aromatic heterocycles. The molecule has 1 unspecified atom stereocenters. The topological polar surface area (TPSA) is 34.1 Å². The first kappa shape index (κ1) is 11.3. The average molecular weight is 228 g/mol. The van der Waals surface area contributed by atoms with Crippen LogP contribution in [0.2, 0.25) is 0 Å². The second-order valence-electron chi connectivity index (χ2n) is 3.97. The van der Waals surface area contributed by atoms with E-state index in [0.717, 1.165) is 5.69 Å². The average Bonchev–Trinajstić information content (AvgIpc) is 2.24. The highest BCUT2D eigenvalue weighted by molar-refractivity contribution is 5.19. The second-order valence-corrected chi connectivity index (χ2v) is 3.97. The molecule has 2 rings (SSSR count). The van der Waals surface area contributed by atoms with Gasteiger partial charge in [-0.3, -0.25) is 4.98 Å². The molecule has 88 valence electrons. The molecule has 0 bridgehead atoms. The highest BCUT2D eigenvalue weighted by atomic mass is 19.3. The van der Waals surface area contributed by atoms with Crippen LogP contribution in [0.15, 0.2) is 18.3 Å². The Morgan fingerprint density at radius 2 is 2.31 bits per heavy atom. The number of nitrogens with zero attached hydrogens (tertiary/aromatic N) is 1. The molecule has 0 radical (unpaired) electrons. The third-order valence-corrected chi connectivity index (χ3v) is 2.58. The van der Waals surface area contributed by atoms with Crippen molar-refractivity contribution in [1.82, 2.24) is 10.3 Å². The number of ether oxygens (including phenoxy) is 1. The molecule has 1 saturated heterocycles. The molecule has 0 amide bonds. The summed E-state index contributed by atoms with van der Waals surface area (Å²) in [6, 6.07) is 3.41. The summed E-state index contributed by atoms with van der Waals surface area (Å²) < 4.78 is 32.1. The molecule has 1 aromatic rings. The molecule has 0 aromatic carbocycles. The summed E-state index contributed by atoms with van der Waals surface area (Å²) in [7, 11) is 0. The van der Waals surface area contributed by atoms with Crippen molar-refractivity contribution < 1.29 is 13.5 Å². The van der Waals surface area contributed by atoms with Gasteiger partial charge in [0, 0.05) is 12.1 Å². The maximum Gasteiger partial charge on any atom is 0.296 e. The SMILES string of the molecule is Cc1ccc(OC2CCNCC2(F)F)cn1. The van der Waals surface area contributed by atoms with E-state index in [1.807, 2.05) is 6.92 Å². The third kappa shape index (κ3) is 2.47. The minimum Gasteiger partial charge on any atom is -0.482 e. The Balaban J connectivity index is 2.05. The van der Waals surface area contributed by atoms with Gasteiger partial charge in [0.2, 0.25) is 0 Å². The van der Waals surface area contributed by atoms with Crippen LogP contribution >= 0.6 is 0 Å². The third-order valence-electron chi connectivity index (χ3n) is 2.58. The van der Waals surface area contributed by atoms with E-state index in [0.29, 0.717) is 18.7 Å². The van der Waals surface area contributed by atoms with Crippen LogP contribution in [0.4, 0.5) is 8.78 Å². The van der Waals surface area contributed by atoms with Crippen molar-refractivity contribution in [2.45, 2.75) is 25.4 Å². The Morgan fingerprint density at radius 3 is 2.94 bits per heavy atom. The highest BCUT2D eigenvalue weighted by Crippen LogP contribution is 2.27. The molecule has 1 aliphatic rings. The van der Waals surface area contributed by atoms with Crippen LogP contribution in [0.25, 0.3) is 0 Å². The van der Waals surface area contributed by atoms with Crippen LogP contribution in [0.1, 0.15) is 12.1 Å². The molecule has 1 fully saturated rings. The van der Waals surface area contributed by atoms with Crippen molar-refractivity contribution in [2.24, 2.45) is 0 Å². The summed E-state index contributed by atoms with van der Waals surface area (Å²) >= 11 is 0. The standard InChI is InChI=1S/C11H14F2N2O/c1-8-2-3-9(6-15-8)16-10-4-5-14-7-11(10,12)13/h2-3,6,10,14H,4-5,7H2,1H3. The van der Waals surface area contributed by atoms with Gasteiger partial charge in [-0.05, 0) is 25.6 Å². The summed E-state index contributed by atoms with van der Waals surface area (Å²) in [6.07, 6.45) is 0.729. The van der Waals surface area contributed by atoms with Crippen LogP contribution in [-0.2, 0) is 0 Å². The Hall–Kier alpha value is -1.23. The lowest BCUT2D eigenvalue weighted by atomic mass is 10.1. The predicted octanol–water partition coefficient (Wildman–Crippen LogP) is 1.77. The van der Waals surface area contributed by atoms with Crippen molar-refractivity contribution >= 4 is 0 Å². The van der Waals surface area contributed by atoms with Gasteiger partial charge in [0.25, 0.3) is 5.92 Å². The number of piperidine rings is 1. The fourth-order valence-electron chi connectivity index (χ4n) is 1.65. The minimum atomic E-state index is -2.82. The molecular weight excluding hydrogens is 214 g/mol. The monoisotopic (exact) mass is 228 g/mol. The van der Waals surface area contributed by atoms with E-state index in [2.05, 4.69) is 10.3 Å². The summed E-state index contributed by atoms with van der Waals surface area (Å²) in [5, 5.41) is 2.65. The summed E-state index contributed by atoms with van der Waals surface area (Å²) in [5.74, 6) is -2.42. The van der Waals surface area contributed by atoms with Gasteiger partial charge in [0.15, 0.2) is 6.10 Å². The maximum atomic E-state index is 13.4. The van der Waals surface area contributed by atoms with Crippen molar-refractivity contribution in [3.8, 4) is 5.75 Å². The fraction of sp³-hybridized carbons (Fsp3) is 0.545. The number of nitrogens with one attached hydrogen (secondary N) is 1. The first-order valence-corrected chi connectivity index (χ1v) is 5.26. The second kappa shape index (κ2) is 4.33. The number of alkyl halides is 2. The Labute approximate surface area is 92.8 Å². The molecule has 1 aliphatic heterocycles. The van der Waals surface area contributed by atoms with Gasteiger partial charge in [-0.2, -0.15) is 0 Å². The number of hydrogen-bond acceptors (Lipinski definition) is 3. The zero-order valence-corrected chi connectivity index (χ0v) is 9.04. The predicted molar refractivity (Wildman–Crippen MR) is 55.8 cm³/mol. The van der Waals surface area contributed by atoms with Gasteiger partial charge in [-0.25, -0.2) is 8.78 Å². The van der Waals surface area contributed by atoms with Crippen LogP contribution in [0, 0.1) is 6.92 Å². The molecule has 3 nitrogen and oxygen atoms in total. The van der Waals surface area contributed by atoms with Crippen molar-refractivity contribution in [3.63, 3.8) is 0 Å². The lowest BCUT2D eigenvalue weighted by Gasteiger charge is -2.31.